The second-order valence-corrected chi connectivity index (χ2v) is 11.8. The summed E-state index contributed by atoms with van der Waals surface area (Å²) < 4.78 is 6.69. The molecule has 0 heterocycles. The molecule has 1 aliphatic carbocycles. The van der Waals surface area contributed by atoms with Gasteiger partial charge in [-0.15, -0.1) is 0 Å². The number of rotatable bonds is 18. The van der Waals surface area contributed by atoms with Gasteiger partial charge in [0.15, 0.2) is 0 Å². The number of nitrogens with one attached hydrogen (secondary N) is 2. The maximum absolute atomic E-state index is 14.4. The van der Waals surface area contributed by atoms with Crippen LogP contribution in [0.3, 0.4) is 0 Å². The topological polar surface area (TPSA) is 70.7 Å². The summed E-state index contributed by atoms with van der Waals surface area (Å²) in [4.78, 5) is 27.3. The summed E-state index contributed by atoms with van der Waals surface area (Å²) in [5.41, 5.74) is 8.09. The molecule has 2 rings (SSSR count). The first-order chi connectivity index (χ1) is 21.2. The molecule has 0 aromatic heterocycles. The van der Waals surface area contributed by atoms with Crippen LogP contribution in [0.2, 0.25) is 0 Å². The molecule has 6 nitrogen and oxygen atoms in total. The van der Waals surface area contributed by atoms with E-state index in [0.29, 0.717) is 32.4 Å². The van der Waals surface area contributed by atoms with E-state index >= 15 is 0 Å². The molecule has 2 N–H and O–H groups in total. The van der Waals surface area contributed by atoms with Crippen LogP contribution in [0.4, 0.5) is 0 Å². The molecule has 0 atom stereocenters. The normalized spacial score (nSPS) is 14.2. The number of nitrogens with zero attached hydrogens (tertiary/aromatic N) is 1. The standard InChI is InChI=1S/C37H49N3O3.Nb/c1-8-14-35(38-7)34(37(42)40(23-9-2)33-20-18-29(6)36(22-21-33)43-11-4)24-28(5)17-19-30(10-3)25-31-15-12-13-16-32(31)26-39-27-41;/h10,12-13,15-17,19-22,27,38H,3,8-9,11,14,18,23-25H2,1-2,4-7H3,(H,39,41);/b28-17+,30-19+,35-34-;. The monoisotopic (exact) mass is 676 g/mol. The zero-order chi connectivity index (χ0) is 32.5. The maximum atomic E-state index is 14.4. The van der Waals surface area contributed by atoms with Crippen LogP contribution in [0.25, 0.3) is 0 Å². The van der Waals surface area contributed by atoms with E-state index in [9.17, 15) is 9.59 Å². The van der Waals surface area contributed by atoms with Crippen molar-refractivity contribution in [2.45, 2.75) is 73.1 Å². The molecule has 0 saturated heterocycles. The third-order valence-electron chi connectivity index (χ3n) is 7.33. The van der Waals surface area contributed by atoms with Crippen molar-refractivity contribution in [3.8, 4) is 0 Å². The van der Waals surface area contributed by atoms with Gasteiger partial charge in [0.2, 0.25) is 0 Å². The number of benzene rings is 1. The molecule has 0 unspecified atom stereocenters. The van der Waals surface area contributed by atoms with Crippen molar-refractivity contribution < 1.29 is 34.9 Å². The van der Waals surface area contributed by atoms with Crippen LogP contribution in [0, 0.1) is 0 Å². The summed E-state index contributed by atoms with van der Waals surface area (Å²) in [5, 5.41) is 6.14. The van der Waals surface area contributed by atoms with Gasteiger partial charge in [-0.25, -0.2) is 0 Å². The number of carbonyl (C=O) groups is 2. The van der Waals surface area contributed by atoms with Crippen molar-refractivity contribution in [2.24, 2.45) is 0 Å². The van der Waals surface area contributed by atoms with Crippen LogP contribution in [-0.4, -0.2) is 41.3 Å². The summed E-state index contributed by atoms with van der Waals surface area (Å²) >= 11 is 1.48. The van der Waals surface area contributed by atoms with Gasteiger partial charge in [0.25, 0.3) is 0 Å². The fourth-order valence-corrected chi connectivity index (χ4v) is 5.69. The van der Waals surface area contributed by atoms with Gasteiger partial charge in [-0.05, 0) is 44.4 Å². The molecule has 235 valence electrons. The van der Waals surface area contributed by atoms with E-state index in [1.54, 1.807) is 0 Å². The summed E-state index contributed by atoms with van der Waals surface area (Å²) in [7, 11) is 1.90. The predicted molar refractivity (Wildman–Crippen MR) is 179 cm³/mol. The zero-order valence-corrected chi connectivity index (χ0v) is 29.5. The zero-order valence-electron chi connectivity index (χ0n) is 27.3. The Hall–Kier alpha value is -3.45. The Morgan fingerprint density at radius 1 is 1.14 bits per heavy atom. The number of carbonyl (C=O) groups excluding carboxylic acids is 2. The Kier molecular flexibility index (Phi) is 16.5. The van der Waals surface area contributed by atoms with Crippen LogP contribution in [0.5, 0.6) is 0 Å². The second-order valence-electron chi connectivity index (χ2n) is 10.7. The van der Waals surface area contributed by atoms with E-state index in [4.69, 9.17) is 4.74 Å². The van der Waals surface area contributed by atoms with Gasteiger partial charge in [-0.3, -0.25) is 0 Å². The average molecular weight is 677 g/mol. The summed E-state index contributed by atoms with van der Waals surface area (Å²) in [5.74, 6) is 0.906. The van der Waals surface area contributed by atoms with E-state index in [0.717, 1.165) is 80.1 Å². The van der Waals surface area contributed by atoms with Gasteiger partial charge in [-0.1, -0.05) is 26.3 Å². The average Bonchev–Trinajstić information content (AvgIpc) is 3.20. The Morgan fingerprint density at radius 3 is 2.52 bits per heavy atom. The molecule has 2 amide bonds. The van der Waals surface area contributed by atoms with Gasteiger partial charge in [0.1, 0.15) is 5.76 Å². The summed E-state index contributed by atoms with van der Waals surface area (Å²) in [6.07, 6.45) is 17.4. The van der Waals surface area contributed by atoms with Crippen molar-refractivity contribution in [2.75, 3.05) is 20.2 Å². The van der Waals surface area contributed by atoms with Crippen molar-refractivity contribution in [1.82, 2.24) is 15.5 Å². The minimum absolute atomic E-state index is 0.0304. The fraction of sp³-hybridized carbons (Fsp3) is 0.378. The number of ether oxygens (including phenoxy) is 1. The van der Waals surface area contributed by atoms with Gasteiger partial charge >= 0.3 is 171 Å². The van der Waals surface area contributed by atoms with Crippen LogP contribution in [-0.2, 0) is 41.3 Å². The van der Waals surface area contributed by atoms with Crippen molar-refractivity contribution in [3.05, 3.63) is 118 Å². The first-order valence-electron chi connectivity index (χ1n) is 15.5. The Labute approximate surface area is 276 Å². The predicted octanol–water partition coefficient (Wildman–Crippen LogP) is 7.12. The first-order valence-corrected chi connectivity index (χ1v) is 16.6. The molecule has 7 heteroatoms. The van der Waals surface area contributed by atoms with Gasteiger partial charge in [0, 0.05) is 19.3 Å². The fourth-order valence-electron chi connectivity index (χ4n) is 5.02. The van der Waals surface area contributed by atoms with Crippen molar-refractivity contribution in [1.29, 1.82) is 0 Å². The molecule has 0 fully saturated rings. The summed E-state index contributed by atoms with van der Waals surface area (Å²) in [6.45, 7) is 15.7. The van der Waals surface area contributed by atoms with Crippen LogP contribution < -0.4 is 10.6 Å². The molecule has 0 saturated carbocycles. The van der Waals surface area contributed by atoms with E-state index < -0.39 is 0 Å². The first kappa shape index (κ1) is 36.7. The molecule has 1 aromatic carbocycles. The molecule has 0 aliphatic heterocycles. The van der Waals surface area contributed by atoms with Gasteiger partial charge in [0.05, 0.1) is 6.61 Å². The molecule has 1 aromatic rings. The van der Waals surface area contributed by atoms with Crippen LogP contribution in [0.1, 0.15) is 77.8 Å². The number of hydrogen-bond donors (Lipinski definition) is 2. The second kappa shape index (κ2) is 19.8. The summed E-state index contributed by atoms with van der Waals surface area (Å²) in [6, 6.07) is 8.08. The third kappa shape index (κ3) is 10.9. The molecule has 0 bridgehead atoms. The molecule has 0 radical (unpaired) electrons. The molecular weight excluding hydrogens is 627 g/mol. The number of hydrogen-bond acceptors (Lipinski definition) is 4. The molecule has 0 spiro atoms. The number of amides is 2. The SMILES string of the molecule is C=C/C(=C\C=C(/C)C/C(C(=O)N(CCC)C1=CCC(C)=C(OCC)C=C1)=C(\CCC)NC)Cc1ccccc1[C](=[Nb])NC=O. The van der Waals surface area contributed by atoms with E-state index in [-0.39, 0.29) is 5.91 Å². The van der Waals surface area contributed by atoms with E-state index in [2.05, 4.69) is 69.2 Å². The van der Waals surface area contributed by atoms with Crippen molar-refractivity contribution >= 4 is 16.2 Å². The van der Waals surface area contributed by atoms with Crippen LogP contribution >= 0.6 is 0 Å². The van der Waals surface area contributed by atoms with Crippen LogP contribution in [0.15, 0.2) is 107 Å². The van der Waals surface area contributed by atoms with Gasteiger partial charge < -0.3 is 4.74 Å². The Balaban J connectivity index is 2.42. The Bertz CT molecular complexity index is 1380. The molecule has 44 heavy (non-hydrogen) atoms. The number of allylic oxidation sites excluding steroid dienone is 10. The third-order valence-corrected chi connectivity index (χ3v) is 8.24. The molecule has 1 aliphatic rings. The van der Waals surface area contributed by atoms with E-state index in [1.807, 2.05) is 55.3 Å². The van der Waals surface area contributed by atoms with Crippen molar-refractivity contribution in [3.63, 3.8) is 0 Å². The van der Waals surface area contributed by atoms with Gasteiger partial charge in [-0.2, -0.15) is 0 Å². The quantitative estimate of drug-likeness (QED) is 0.0753. The minimum atomic E-state index is 0.0304. The Morgan fingerprint density at radius 2 is 1.89 bits per heavy atom. The van der Waals surface area contributed by atoms with E-state index in [1.165, 1.54) is 20.6 Å². The molecular formula is C37H49N3NbO3.